The summed E-state index contributed by atoms with van der Waals surface area (Å²) < 4.78 is 0. The van der Waals surface area contributed by atoms with Gasteiger partial charge in [0, 0.05) is 0 Å². The molecular formula is C12H13NO6. The monoisotopic (exact) mass is 267 g/mol. The second-order valence-corrected chi connectivity index (χ2v) is 3.84. The average molecular weight is 267 g/mol. The fourth-order valence-electron chi connectivity index (χ4n) is 1.55. The Balaban J connectivity index is 2.91. The van der Waals surface area contributed by atoms with Crippen LogP contribution in [0.5, 0.6) is 0 Å². The molecule has 0 spiro atoms. The Morgan fingerprint density at radius 2 is 1.58 bits per heavy atom. The minimum atomic E-state index is -1.47. The van der Waals surface area contributed by atoms with E-state index in [0.717, 1.165) is 0 Å². The van der Waals surface area contributed by atoms with Crippen molar-refractivity contribution in [1.29, 1.82) is 0 Å². The molecule has 0 aliphatic heterocycles. The number of carboxylic acids is 3. The third kappa shape index (κ3) is 4.40. The van der Waals surface area contributed by atoms with Crippen molar-refractivity contribution >= 4 is 17.9 Å². The van der Waals surface area contributed by atoms with E-state index in [1.54, 1.807) is 18.2 Å². The third-order valence-electron chi connectivity index (χ3n) is 2.42. The quantitative estimate of drug-likeness (QED) is 0.561. The molecule has 7 nitrogen and oxygen atoms in total. The Labute approximate surface area is 108 Å². The molecule has 19 heavy (non-hydrogen) atoms. The Morgan fingerprint density at radius 3 is 2.00 bits per heavy atom. The lowest BCUT2D eigenvalue weighted by molar-refractivity contribution is -0.147. The maximum Gasteiger partial charge on any atom is 0.325 e. The molecule has 1 aromatic rings. The largest absolute Gasteiger partial charge is 0.481 e. The highest BCUT2D eigenvalue weighted by atomic mass is 16.4. The van der Waals surface area contributed by atoms with Gasteiger partial charge in [0.15, 0.2) is 0 Å². The van der Waals surface area contributed by atoms with Crippen LogP contribution in [0.1, 0.15) is 18.0 Å². The van der Waals surface area contributed by atoms with E-state index < -0.39 is 36.4 Å². The average Bonchev–Trinajstić information content (AvgIpc) is 2.34. The summed E-state index contributed by atoms with van der Waals surface area (Å²) in [6, 6.07) is 5.20. The Morgan fingerprint density at radius 1 is 1.00 bits per heavy atom. The van der Waals surface area contributed by atoms with Crippen molar-refractivity contribution in [1.82, 2.24) is 5.32 Å². The highest BCUT2D eigenvalue weighted by Crippen LogP contribution is 2.14. The zero-order valence-corrected chi connectivity index (χ0v) is 9.81. The van der Waals surface area contributed by atoms with Crippen LogP contribution in [-0.2, 0) is 14.4 Å². The predicted molar refractivity (Wildman–Crippen MR) is 63.6 cm³/mol. The van der Waals surface area contributed by atoms with Crippen molar-refractivity contribution in [2.24, 2.45) is 0 Å². The fourth-order valence-corrected chi connectivity index (χ4v) is 1.55. The fraction of sp³-hybridized carbons (Fsp3) is 0.250. The van der Waals surface area contributed by atoms with Crippen LogP contribution in [0.2, 0.25) is 0 Å². The van der Waals surface area contributed by atoms with E-state index in [1.165, 1.54) is 12.1 Å². The predicted octanol–water partition coefficient (Wildman–Crippen LogP) is 0.330. The molecule has 0 aliphatic rings. The van der Waals surface area contributed by atoms with Gasteiger partial charge in [-0.25, -0.2) is 0 Å². The molecule has 102 valence electrons. The molecule has 0 heterocycles. The van der Waals surface area contributed by atoms with Crippen LogP contribution in [0.25, 0.3) is 0 Å². The highest BCUT2D eigenvalue weighted by molar-refractivity contribution is 5.82. The van der Waals surface area contributed by atoms with Gasteiger partial charge in [-0.1, -0.05) is 30.3 Å². The van der Waals surface area contributed by atoms with Crippen LogP contribution < -0.4 is 5.32 Å². The van der Waals surface area contributed by atoms with Gasteiger partial charge in [-0.3, -0.25) is 19.7 Å². The minimum Gasteiger partial charge on any atom is -0.481 e. The zero-order chi connectivity index (χ0) is 14.4. The molecule has 1 rings (SSSR count). The van der Waals surface area contributed by atoms with Crippen molar-refractivity contribution < 1.29 is 29.7 Å². The summed E-state index contributed by atoms with van der Waals surface area (Å²) in [5.41, 5.74) is 0.353. The summed E-state index contributed by atoms with van der Waals surface area (Å²) in [5, 5.41) is 28.9. The van der Waals surface area contributed by atoms with Crippen molar-refractivity contribution in [2.75, 3.05) is 0 Å². The molecule has 7 heteroatoms. The minimum absolute atomic E-state index is 0.353. The van der Waals surface area contributed by atoms with Crippen molar-refractivity contribution in [2.45, 2.75) is 18.5 Å². The van der Waals surface area contributed by atoms with Crippen LogP contribution >= 0.6 is 0 Å². The van der Waals surface area contributed by atoms with Crippen LogP contribution in [-0.4, -0.2) is 39.3 Å². The maximum absolute atomic E-state index is 11.1. The molecule has 0 fully saturated rings. The summed E-state index contributed by atoms with van der Waals surface area (Å²) >= 11 is 0. The van der Waals surface area contributed by atoms with Gasteiger partial charge >= 0.3 is 17.9 Å². The van der Waals surface area contributed by atoms with E-state index in [9.17, 15) is 14.4 Å². The summed E-state index contributed by atoms with van der Waals surface area (Å²) in [6.07, 6.45) is -0.702. The number of hydrogen-bond donors (Lipinski definition) is 4. The summed E-state index contributed by atoms with van der Waals surface area (Å²) in [5.74, 6) is -4.01. The molecular weight excluding hydrogens is 254 g/mol. The first kappa shape index (κ1) is 14.7. The molecule has 0 radical (unpaired) electrons. The first-order valence-corrected chi connectivity index (χ1v) is 5.40. The molecule has 0 amide bonds. The summed E-state index contributed by atoms with van der Waals surface area (Å²) in [6.45, 7) is 0. The molecule has 0 saturated carbocycles. The van der Waals surface area contributed by atoms with Gasteiger partial charge < -0.3 is 15.3 Å². The first-order chi connectivity index (χ1) is 8.91. The van der Waals surface area contributed by atoms with E-state index in [1.807, 2.05) is 0 Å². The van der Waals surface area contributed by atoms with Gasteiger partial charge in [0.2, 0.25) is 0 Å². The highest BCUT2D eigenvalue weighted by Gasteiger charge is 2.28. The van der Waals surface area contributed by atoms with E-state index in [0.29, 0.717) is 5.56 Å². The lowest BCUT2D eigenvalue weighted by Crippen LogP contribution is -2.43. The van der Waals surface area contributed by atoms with Gasteiger partial charge in [-0.15, -0.1) is 0 Å². The number of hydrogen-bond acceptors (Lipinski definition) is 4. The third-order valence-corrected chi connectivity index (χ3v) is 2.42. The smallest absolute Gasteiger partial charge is 0.325 e. The molecule has 1 aromatic carbocycles. The number of benzene rings is 1. The van der Waals surface area contributed by atoms with Crippen molar-refractivity contribution in [3.8, 4) is 0 Å². The number of rotatable bonds is 7. The molecule has 0 aromatic heterocycles. The van der Waals surface area contributed by atoms with Gasteiger partial charge in [-0.2, -0.15) is 0 Å². The van der Waals surface area contributed by atoms with Crippen molar-refractivity contribution in [3.63, 3.8) is 0 Å². The van der Waals surface area contributed by atoms with Crippen molar-refractivity contribution in [3.05, 3.63) is 35.9 Å². The topological polar surface area (TPSA) is 124 Å². The molecule has 0 saturated heterocycles. The standard InChI is InChI=1S/C12H13NO6/c14-9(15)6-8(11(16)17)13-10(12(18)19)7-4-2-1-3-5-7/h1-5,8,10,13H,6H2,(H,14,15)(H,16,17)(H,18,19). The lowest BCUT2D eigenvalue weighted by Gasteiger charge is -2.19. The number of carboxylic acid groups (broad SMARTS) is 3. The maximum atomic E-state index is 11.1. The summed E-state index contributed by atoms with van der Waals surface area (Å²) in [4.78, 5) is 32.6. The molecule has 0 bridgehead atoms. The van der Waals surface area contributed by atoms with E-state index in [-0.39, 0.29) is 0 Å². The SMILES string of the molecule is O=C(O)CC(NC(C(=O)O)c1ccccc1)C(=O)O. The zero-order valence-electron chi connectivity index (χ0n) is 9.81. The Bertz CT molecular complexity index is 472. The molecule has 2 atom stereocenters. The van der Waals surface area contributed by atoms with E-state index >= 15 is 0 Å². The van der Waals surface area contributed by atoms with Gasteiger partial charge in [0.05, 0.1) is 6.42 Å². The Kier molecular flexibility index (Phi) is 5.01. The van der Waals surface area contributed by atoms with Crippen LogP contribution in [0.4, 0.5) is 0 Å². The second-order valence-electron chi connectivity index (χ2n) is 3.84. The molecule has 2 unspecified atom stereocenters. The second kappa shape index (κ2) is 6.50. The first-order valence-electron chi connectivity index (χ1n) is 5.40. The normalized spacial score (nSPS) is 13.5. The number of carbonyl (C=O) groups is 3. The van der Waals surface area contributed by atoms with Crippen LogP contribution in [0.3, 0.4) is 0 Å². The number of nitrogens with one attached hydrogen (secondary N) is 1. The van der Waals surface area contributed by atoms with Gasteiger partial charge in [-0.05, 0) is 5.56 Å². The van der Waals surface area contributed by atoms with Crippen LogP contribution in [0.15, 0.2) is 30.3 Å². The van der Waals surface area contributed by atoms with Gasteiger partial charge in [0.25, 0.3) is 0 Å². The van der Waals surface area contributed by atoms with E-state index in [2.05, 4.69) is 5.32 Å². The molecule has 0 aliphatic carbocycles. The summed E-state index contributed by atoms with van der Waals surface area (Å²) in [7, 11) is 0. The number of aliphatic carboxylic acids is 3. The Hall–Kier alpha value is -2.41. The van der Waals surface area contributed by atoms with Gasteiger partial charge in [0.1, 0.15) is 12.1 Å². The molecule has 4 N–H and O–H groups in total. The van der Waals surface area contributed by atoms with Crippen LogP contribution in [0, 0.1) is 0 Å². The lowest BCUT2D eigenvalue weighted by atomic mass is 10.1. The van der Waals surface area contributed by atoms with E-state index in [4.69, 9.17) is 15.3 Å².